The molecular formula is C14H14F3N3O3. The fourth-order valence-corrected chi connectivity index (χ4v) is 2.44. The van der Waals surface area contributed by atoms with Gasteiger partial charge in [-0.1, -0.05) is 0 Å². The minimum Gasteiger partial charge on any atom is -0.389 e. The Morgan fingerprint density at radius 1 is 1.43 bits per heavy atom. The van der Waals surface area contributed by atoms with Crippen LogP contribution >= 0.6 is 0 Å². The highest BCUT2D eigenvalue weighted by atomic mass is 19.4. The van der Waals surface area contributed by atoms with Crippen molar-refractivity contribution in [2.24, 2.45) is 0 Å². The number of hydrogen-bond acceptors (Lipinski definition) is 4. The Kier molecular flexibility index (Phi) is 3.99. The highest BCUT2D eigenvalue weighted by Gasteiger charge is 2.34. The van der Waals surface area contributed by atoms with Crippen molar-refractivity contribution in [3.63, 3.8) is 0 Å². The van der Waals surface area contributed by atoms with Gasteiger partial charge in [0.25, 0.3) is 5.91 Å². The first-order chi connectivity index (χ1) is 10.8. The molecule has 0 saturated carbocycles. The maximum Gasteiger partial charge on any atom is 0.449 e. The lowest BCUT2D eigenvalue weighted by Crippen LogP contribution is -2.37. The summed E-state index contributed by atoms with van der Waals surface area (Å²) in [6.07, 6.45) is -5.36. The summed E-state index contributed by atoms with van der Waals surface area (Å²) in [4.78, 5) is 19.5. The first kappa shape index (κ1) is 15.8. The van der Waals surface area contributed by atoms with Crippen LogP contribution in [0.25, 0.3) is 11.0 Å². The summed E-state index contributed by atoms with van der Waals surface area (Å²) in [6.45, 7) is 0.879. The van der Waals surface area contributed by atoms with E-state index in [2.05, 4.69) is 9.97 Å². The first-order valence-electron chi connectivity index (χ1n) is 6.96. The average Bonchev–Trinajstić information content (AvgIpc) is 2.81. The molecule has 1 saturated heterocycles. The smallest absolute Gasteiger partial charge is 0.389 e. The van der Waals surface area contributed by atoms with Crippen LogP contribution in [0.5, 0.6) is 0 Å². The van der Waals surface area contributed by atoms with E-state index in [-0.39, 0.29) is 35.7 Å². The molecule has 0 unspecified atom stereocenters. The van der Waals surface area contributed by atoms with Crippen LogP contribution in [0, 0.1) is 0 Å². The van der Waals surface area contributed by atoms with E-state index in [0.717, 1.165) is 0 Å². The number of H-pyrrole nitrogens is 1. The van der Waals surface area contributed by atoms with Gasteiger partial charge in [-0.2, -0.15) is 13.2 Å². The summed E-state index contributed by atoms with van der Waals surface area (Å²) in [5.41, 5.74) is 0.492. The molecule has 1 atom stereocenters. The zero-order chi connectivity index (χ0) is 16.6. The Labute approximate surface area is 128 Å². The van der Waals surface area contributed by atoms with Crippen molar-refractivity contribution in [3.05, 3.63) is 29.6 Å². The number of carbonyl (C=O) groups is 1. The van der Waals surface area contributed by atoms with Gasteiger partial charge in [0, 0.05) is 18.7 Å². The molecule has 1 aromatic heterocycles. The lowest BCUT2D eigenvalue weighted by atomic mass is 10.1. The van der Waals surface area contributed by atoms with E-state index < -0.39 is 18.1 Å². The van der Waals surface area contributed by atoms with E-state index in [1.54, 1.807) is 0 Å². The maximum atomic E-state index is 12.7. The Morgan fingerprint density at radius 2 is 2.22 bits per heavy atom. The number of benzene rings is 1. The summed E-state index contributed by atoms with van der Waals surface area (Å²) in [6, 6.07) is 4.11. The number of alkyl halides is 3. The second-order valence-electron chi connectivity index (χ2n) is 5.30. The molecule has 9 heteroatoms. The molecule has 0 aliphatic carbocycles. The van der Waals surface area contributed by atoms with E-state index >= 15 is 0 Å². The minimum absolute atomic E-state index is 0.119. The summed E-state index contributed by atoms with van der Waals surface area (Å²) >= 11 is 0. The fraction of sp³-hybridized carbons (Fsp3) is 0.429. The number of carbonyl (C=O) groups excluding carboxylic acids is 1. The van der Waals surface area contributed by atoms with Crippen LogP contribution in [0.4, 0.5) is 13.2 Å². The summed E-state index contributed by atoms with van der Waals surface area (Å²) in [7, 11) is 0. The van der Waals surface area contributed by atoms with Crippen molar-refractivity contribution in [2.75, 3.05) is 26.3 Å². The number of rotatable bonds is 1. The van der Waals surface area contributed by atoms with E-state index in [1.807, 2.05) is 0 Å². The second kappa shape index (κ2) is 5.82. The number of ether oxygens (including phenoxy) is 1. The molecule has 0 bridgehead atoms. The van der Waals surface area contributed by atoms with Gasteiger partial charge in [0.1, 0.15) is 0 Å². The van der Waals surface area contributed by atoms with Crippen molar-refractivity contribution in [2.45, 2.75) is 12.3 Å². The van der Waals surface area contributed by atoms with Crippen LogP contribution in [0.3, 0.4) is 0 Å². The van der Waals surface area contributed by atoms with Gasteiger partial charge in [-0.15, -0.1) is 0 Å². The van der Waals surface area contributed by atoms with E-state index in [9.17, 15) is 23.1 Å². The quantitative estimate of drug-likeness (QED) is 0.829. The van der Waals surface area contributed by atoms with Crippen molar-refractivity contribution in [3.8, 4) is 0 Å². The summed E-state index contributed by atoms with van der Waals surface area (Å²) in [5, 5.41) is 9.66. The molecule has 2 heterocycles. The number of nitrogens with one attached hydrogen (secondary N) is 1. The monoisotopic (exact) mass is 329 g/mol. The normalized spacial score (nSPS) is 19.8. The number of hydrogen-bond donors (Lipinski definition) is 2. The number of imidazole rings is 1. The standard InChI is InChI=1S/C14H14F3N3O3/c15-14(16,17)13-18-10-2-1-8(5-11(10)19-13)12(22)20-3-4-23-7-9(21)6-20/h1-2,5,9,21H,3-4,6-7H2,(H,18,19)/t9-/m0/s1. The van der Waals surface area contributed by atoms with E-state index in [1.165, 1.54) is 23.1 Å². The molecular weight excluding hydrogens is 315 g/mol. The van der Waals surface area contributed by atoms with Crippen molar-refractivity contribution < 1.29 is 27.8 Å². The van der Waals surface area contributed by atoms with Crippen LogP contribution < -0.4 is 0 Å². The number of β-amino-alcohol motifs (C(OH)–C–C–N with tert-alkyl or cyclic N) is 1. The van der Waals surface area contributed by atoms with Gasteiger partial charge >= 0.3 is 6.18 Å². The highest BCUT2D eigenvalue weighted by Crippen LogP contribution is 2.28. The third-order valence-electron chi connectivity index (χ3n) is 3.53. The van der Waals surface area contributed by atoms with Crippen LogP contribution in [0.2, 0.25) is 0 Å². The number of nitrogens with zero attached hydrogens (tertiary/aromatic N) is 2. The SMILES string of the molecule is O=C(c1ccc2nc(C(F)(F)F)[nH]c2c1)N1CCOC[C@@H](O)C1. The van der Waals surface area contributed by atoms with Gasteiger partial charge in [-0.3, -0.25) is 4.79 Å². The van der Waals surface area contributed by atoms with Crippen LogP contribution in [0.15, 0.2) is 18.2 Å². The fourth-order valence-electron chi connectivity index (χ4n) is 2.44. The molecule has 23 heavy (non-hydrogen) atoms. The van der Waals surface area contributed by atoms with Crippen LogP contribution in [-0.4, -0.2) is 58.3 Å². The van der Waals surface area contributed by atoms with Gasteiger partial charge < -0.3 is 19.7 Å². The predicted molar refractivity (Wildman–Crippen MR) is 73.8 cm³/mol. The minimum atomic E-state index is -4.57. The average molecular weight is 329 g/mol. The van der Waals surface area contributed by atoms with Gasteiger partial charge in [0.15, 0.2) is 0 Å². The number of aromatic amines is 1. The molecule has 2 aromatic rings. The number of amides is 1. The van der Waals surface area contributed by atoms with Crippen LogP contribution in [0.1, 0.15) is 16.2 Å². The molecule has 6 nitrogen and oxygen atoms in total. The topological polar surface area (TPSA) is 78.5 Å². The number of fused-ring (bicyclic) bond motifs is 1. The Balaban J connectivity index is 1.88. The van der Waals surface area contributed by atoms with Crippen molar-refractivity contribution >= 4 is 16.9 Å². The lowest BCUT2D eigenvalue weighted by molar-refractivity contribution is -0.144. The number of aliphatic hydroxyl groups excluding tert-OH is 1. The highest BCUT2D eigenvalue weighted by molar-refractivity contribution is 5.97. The number of halogens is 3. The lowest BCUT2D eigenvalue weighted by Gasteiger charge is -2.21. The molecule has 3 rings (SSSR count). The summed E-state index contributed by atoms with van der Waals surface area (Å²) in [5.74, 6) is -1.48. The largest absolute Gasteiger partial charge is 0.449 e. The molecule has 124 valence electrons. The predicted octanol–water partition coefficient (Wildman–Crippen LogP) is 1.41. The first-order valence-corrected chi connectivity index (χ1v) is 6.96. The third kappa shape index (κ3) is 3.30. The molecule has 1 aliphatic rings. The Bertz CT molecular complexity index is 729. The van der Waals surface area contributed by atoms with Crippen molar-refractivity contribution in [1.29, 1.82) is 0 Å². The molecule has 1 amide bonds. The molecule has 1 fully saturated rings. The van der Waals surface area contributed by atoms with E-state index in [4.69, 9.17) is 4.74 Å². The maximum absolute atomic E-state index is 12.7. The zero-order valence-corrected chi connectivity index (χ0v) is 11.9. The summed E-state index contributed by atoms with van der Waals surface area (Å²) < 4.78 is 43.1. The Hall–Kier alpha value is -2.13. The zero-order valence-electron chi connectivity index (χ0n) is 11.9. The van der Waals surface area contributed by atoms with Gasteiger partial charge in [-0.05, 0) is 18.2 Å². The number of aliphatic hydroxyl groups is 1. The van der Waals surface area contributed by atoms with Gasteiger partial charge in [0.2, 0.25) is 5.82 Å². The Morgan fingerprint density at radius 3 is 2.96 bits per heavy atom. The van der Waals surface area contributed by atoms with Gasteiger partial charge in [0.05, 0.1) is 30.4 Å². The second-order valence-corrected chi connectivity index (χ2v) is 5.30. The van der Waals surface area contributed by atoms with Crippen molar-refractivity contribution in [1.82, 2.24) is 14.9 Å². The molecule has 0 spiro atoms. The van der Waals surface area contributed by atoms with Crippen LogP contribution in [-0.2, 0) is 10.9 Å². The third-order valence-corrected chi connectivity index (χ3v) is 3.53. The number of aromatic nitrogens is 2. The molecule has 1 aromatic carbocycles. The van der Waals surface area contributed by atoms with E-state index in [0.29, 0.717) is 13.2 Å². The molecule has 1 aliphatic heterocycles. The molecule has 2 N–H and O–H groups in total. The molecule has 0 radical (unpaired) electrons. The van der Waals surface area contributed by atoms with Gasteiger partial charge in [-0.25, -0.2) is 4.98 Å².